The molecule has 2 N–H and O–H groups in total. The zero-order valence-electron chi connectivity index (χ0n) is 10.4. The van der Waals surface area contributed by atoms with Crippen molar-refractivity contribution in [3.8, 4) is 0 Å². The van der Waals surface area contributed by atoms with Crippen molar-refractivity contribution in [1.29, 1.82) is 0 Å². The number of hydrogen-bond acceptors (Lipinski definition) is 3. The minimum Gasteiger partial charge on any atom is -0.399 e. The molecule has 3 nitrogen and oxygen atoms in total. The number of hydrogen-bond donors (Lipinski definition) is 1. The van der Waals surface area contributed by atoms with Gasteiger partial charge in [-0.25, -0.2) is 0 Å². The molecular weight excluding hydrogens is 200 g/mol. The first-order valence-electron chi connectivity index (χ1n) is 5.67. The van der Waals surface area contributed by atoms with E-state index < -0.39 is 0 Å². The highest BCUT2D eigenvalue weighted by Crippen LogP contribution is 2.10. The summed E-state index contributed by atoms with van der Waals surface area (Å²) in [6, 6.07) is 8.58. The van der Waals surface area contributed by atoms with Gasteiger partial charge in [-0.3, -0.25) is 4.90 Å². The molecule has 0 fully saturated rings. The van der Waals surface area contributed by atoms with Gasteiger partial charge in [0.2, 0.25) is 0 Å². The van der Waals surface area contributed by atoms with Gasteiger partial charge < -0.3 is 10.5 Å². The third-order valence-corrected chi connectivity index (χ3v) is 2.90. The molecule has 3 heteroatoms. The third kappa shape index (κ3) is 4.21. The summed E-state index contributed by atoms with van der Waals surface area (Å²) < 4.78 is 5.09. The maximum absolute atomic E-state index is 5.65. The van der Waals surface area contributed by atoms with E-state index in [-0.39, 0.29) is 0 Å². The number of rotatable bonds is 6. The summed E-state index contributed by atoms with van der Waals surface area (Å²) in [5.41, 5.74) is 7.76. The Kier molecular flexibility index (Phi) is 5.29. The van der Waals surface area contributed by atoms with E-state index in [1.54, 1.807) is 7.11 Å². The van der Waals surface area contributed by atoms with Crippen LogP contribution in [0.2, 0.25) is 0 Å². The van der Waals surface area contributed by atoms with E-state index in [2.05, 4.69) is 31.0 Å². The summed E-state index contributed by atoms with van der Waals surface area (Å²) in [5, 5.41) is 0. The Hall–Kier alpha value is -1.06. The minimum atomic E-state index is 0.525. The third-order valence-electron chi connectivity index (χ3n) is 2.90. The van der Waals surface area contributed by atoms with Gasteiger partial charge in [-0.1, -0.05) is 12.1 Å². The van der Waals surface area contributed by atoms with Crippen molar-refractivity contribution in [2.45, 2.75) is 25.9 Å². The van der Waals surface area contributed by atoms with Crippen molar-refractivity contribution in [3.63, 3.8) is 0 Å². The topological polar surface area (TPSA) is 38.5 Å². The molecule has 0 radical (unpaired) electrons. The average Bonchev–Trinajstić information content (AvgIpc) is 2.29. The Morgan fingerprint density at radius 3 is 2.50 bits per heavy atom. The van der Waals surface area contributed by atoms with Crippen molar-refractivity contribution < 1.29 is 4.74 Å². The van der Waals surface area contributed by atoms with Crippen LogP contribution in [-0.2, 0) is 11.3 Å². The lowest BCUT2D eigenvalue weighted by Gasteiger charge is -2.24. The smallest absolute Gasteiger partial charge is 0.0477 e. The van der Waals surface area contributed by atoms with Gasteiger partial charge in [-0.05, 0) is 38.1 Å². The SMILES string of the molecule is COCCC(C)N(C)Cc1ccc(N)cc1. The number of nitrogens with two attached hydrogens (primary N) is 1. The van der Waals surface area contributed by atoms with Crippen molar-refractivity contribution in [2.75, 3.05) is 26.5 Å². The number of nitrogens with zero attached hydrogens (tertiary/aromatic N) is 1. The first-order chi connectivity index (χ1) is 7.63. The van der Waals surface area contributed by atoms with E-state index in [9.17, 15) is 0 Å². The largest absolute Gasteiger partial charge is 0.399 e. The second-order valence-corrected chi connectivity index (χ2v) is 4.29. The minimum absolute atomic E-state index is 0.525. The van der Waals surface area contributed by atoms with Crippen LogP contribution >= 0.6 is 0 Å². The summed E-state index contributed by atoms with van der Waals surface area (Å²) in [6.07, 6.45) is 1.06. The van der Waals surface area contributed by atoms with Crippen LogP contribution in [0.25, 0.3) is 0 Å². The van der Waals surface area contributed by atoms with E-state index in [1.807, 2.05) is 12.1 Å². The maximum Gasteiger partial charge on any atom is 0.0477 e. The molecule has 0 aliphatic heterocycles. The molecule has 0 saturated heterocycles. The van der Waals surface area contributed by atoms with Crippen LogP contribution < -0.4 is 5.73 Å². The number of nitrogen functional groups attached to an aromatic ring is 1. The molecule has 1 rings (SSSR count). The van der Waals surface area contributed by atoms with Crippen LogP contribution in [0.4, 0.5) is 5.69 Å². The number of anilines is 1. The van der Waals surface area contributed by atoms with Gasteiger partial charge in [0.25, 0.3) is 0 Å². The Labute approximate surface area is 98.2 Å². The molecule has 0 saturated carbocycles. The zero-order chi connectivity index (χ0) is 12.0. The van der Waals surface area contributed by atoms with Crippen LogP contribution in [0.15, 0.2) is 24.3 Å². The molecular formula is C13H22N2O. The molecule has 1 unspecified atom stereocenters. The second kappa shape index (κ2) is 6.51. The average molecular weight is 222 g/mol. The first kappa shape index (κ1) is 13.0. The molecule has 1 aromatic rings. The van der Waals surface area contributed by atoms with E-state index in [0.29, 0.717) is 6.04 Å². The lowest BCUT2D eigenvalue weighted by atomic mass is 10.1. The van der Waals surface area contributed by atoms with Gasteiger partial charge in [0, 0.05) is 32.0 Å². The summed E-state index contributed by atoms with van der Waals surface area (Å²) in [7, 11) is 3.88. The molecule has 0 aliphatic carbocycles. The molecule has 0 bridgehead atoms. The van der Waals surface area contributed by atoms with Crippen LogP contribution in [0.1, 0.15) is 18.9 Å². The fourth-order valence-corrected chi connectivity index (χ4v) is 1.58. The van der Waals surface area contributed by atoms with Crippen LogP contribution in [-0.4, -0.2) is 31.7 Å². The normalized spacial score (nSPS) is 13.0. The molecule has 1 aromatic carbocycles. The Morgan fingerprint density at radius 1 is 1.31 bits per heavy atom. The van der Waals surface area contributed by atoms with Crippen LogP contribution in [0, 0.1) is 0 Å². The zero-order valence-corrected chi connectivity index (χ0v) is 10.4. The predicted octanol–water partition coefficient (Wildman–Crippen LogP) is 2.13. The number of methoxy groups -OCH3 is 1. The summed E-state index contributed by atoms with van der Waals surface area (Å²) in [4.78, 5) is 2.32. The van der Waals surface area contributed by atoms with Gasteiger partial charge in [0.05, 0.1) is 0 Å². The molecule has 0 amide bonds. The lowest BCUT2D eigenvalue weighted by molar-refractivity contribution is 0.150. The molecule has 0 spiro atoms. The summed E-state index contributed by atoms with van der Waals surface area (Å²) in [6.45, 7) is 3.98. The molecule has 0 aromatic heterocycles. The molecule has 1 atom stereocenters. The van der Waals surface area contributed by atoms with E-state index in [1.165, 1.54) is 5.56 Å². The second-order valence-electron chi connectivity index (χ2n) is 4.29. The summed E-state index contributed by atoms with van der Waals surface area (Å²) in [5.74, 6) is 0. The van der Waals surface area contributed by atoms with Gasteiger partial charge >= 0.3 is 0 Å². The quantitative estimate of drug-likeness (QED) is 0.749. The predicted molar refractivity (Wildman–Crippen MR) is 68.3 cm³/mol. The highest BCUT2D eigenvalue weighted by molar-refractivity contribution is 5.39. The monoisotopic (exact) mass is 222 g/mol. The van der Waals surface area contributed by atoms with E-state index in [0.717, 1.165) is 25.3 Å². The Bertz CT molecular complexity index is 297. The van der Waals surface area contributed by atoms with Crippen LogP contribution in [0.3, 0.4) is 0 Å². The van der Waals surface area contributed by atoms with Gasteiger partial charge in [-0.15, -0.1) is 0 Å². The molecule has 0 aliphatic rings. The van der Waals surface area contributed by atoms with Crippen molar-refractivity contribution >= 4 is 5.69 Å². The highest BCUT2D eigenvalue weighted by Gasteiger charge is 2.08. The maximum atomic E-state index is 5.65. The fourth-order valence-electron chi connectivity index (χ4n) is 1.58. The number of ether oxygens (including phenoxy) is 1. The van der Waals surface area contributed by atoms with Crippen molar-refractivity contribution in [3.05, 3.63) is 29.8 Å². The van der Waals surface area contributed by atoms with Gasteiger partial charge in [-0.2, -0.15) is 0 Å². The molecule has 90 valence electrons. The standard InChI is InChI=1S/C13H22N2O/c1-11(8-9-16-3)15(2)10-12-4-6-13(14)7-5-12/h4-7,11H,8-10,14H2,1-3H3. The van der Waals surface area contributed by atoms with Gasteiger partial charge in [0.15, 0.2) is 0 Å². The highest BCUT2D eigenvalue weighted by atomic mass is 16.5. The molecule has 0 heterocycles. The lowest BCUT2D eigenvalue weighted by Crippen LogP contribution is -2.29. The van der Waals surface area contributed by atoms with E-state index >= 15 is 0 Å². The Morgan fingerprint density at radius 2 is 1.94 bits per heavy atom. The number of benzene rings is 1. The fraction of sp³-hybridized carbons (Fsp3) is 0.538. The van der Waals surface area contributed by atoms with Crippen molar-refractivity contribution in [2.24, 2.45) is 0 Å². The Balaban J connectivity index is 2.43. The summed E-state index contributed by atoms with van der Waals surface area (Å²) >= 11 is 0. The van der Waals surface area contributed by atoms with Crippen LogP contribution in [0.5, 0.6) is 0 Å². The first-order valence-corrected chi connectivity index (χ1v) is 5.67. The molecule has 16 heavy (non-hydrogen) atoms. The van der Waals surface area contributed by atoms with Crippen molar-refractivity contribution in [1.82, 2.24) is 4.90 Å². The van der Waals surface area contributed by atoms with E-state index in [4.69, 9.17) is 10.5 Å². The van der Waals surface area contributed by atoms with Gasteiger partial charge in [0.1, 0.15) is 0 Å².